The molecule has 13 heteroatoms. The second-order valence-corrected chi connectivity index (χ2v) is 14.8. The van der Waals surface area contributed by atoms with Crippen molar-refractivity contribution in [3.63, 3.8) is 0 Å². The van der Waals surface area contributed by atoms with Crippen molar-refractivity contribution in [3.8, 4) is 11.3 Å². The van der Waals surface area contributed by atoms with Crippen LogP contribution in [0.3, 0.4) is 0 Å². The Hall–Kier alpha value is -3.71. The lowest BCUT2D eigenvalue weighted by Crippen LogP contribution is -2.51. The predicted octanol–water partition coefficient (Wildman–Crippen LogP) is 6.59. The Kier molecular flexibility index (Phi) is 12.0. The van der Waals surface area contributed by atoms with Gasteiger partial charge in [-0.05, 0) is 73.9 Å². The van der Waals surface area contributed by atoms with E-state index in [1.54, 1.807) is 12.1 Å². The predicted molar refractivity (Wildman–Crippen MR) is 173 cm³/mol. The molecule has 1 saturated heterocycles. The minimum absolute atomic E-state index is 0.0256. The van der Waals surface area contributed by atoms with Gasteiger partial charge in [0.15, 0.2) is 20.6 Å². The van der Waals surface area contributed by atoms with Crippen LogP contribution in [0.4, 0.5) is 13.2 Å². The van der Waals surface area contributed by atoms with E-state index >= 15 is 0 Å². The van der Waals surface area contributed by atoms with E-state index in [2.05, 4.69) is 15.6 Å². The summed E-state index contributed by atoms with van der Waals surface area (Å²) in [4.78, 5) is 31.0. The summed E-state index contributed by atoms with van der Waals surface area (Å²) in [5.41, 5.74) is -0.650. The monoisotopic (exact) mass is 689 g/mol. The Bertz CT molecular complexity index is 1620. The van der Waals surface area contributed by atoms with Crippen LogP contribution in [0.1, 0.15) is 80.3 Å². The van der Waals surface area contributed by atoms with E-state index in [1.165, 1.54) is 36.5 Å². The van der Waals surface area contributed by atoms with Gasteiger partial charge in [-0.1, -0.05) is 56.7 Å². The zero-order valence-corrected chi connectivity index (χ0v) is 27.5. The summed E-state index contributed by atoms with van der Waals surface area (Å²) in [5.74, 6) is -0.866. The van der Waals surface area contributed by atoms with E-state index in [0.717, 1.165) is 44.2 Å². The van der Waals surface area contributed by atoms with Crippen LogP contribution in [0.2, 0.25) is 0 Å². The van der Waals surface area contributed by atoms with Gasteiger partial charge in [0, 0.05) is 18.4 Å². The number of carbonyl (C=O) groups is 2. The number of ether oxygens (including phenoxy) is 1. The first kappa shape index (κ1) is 35.6. The molecule has 1 aliphatic carbocycles. The van der Waals surface area contributed by atoms with Gasteiger partial charge in [0.25, 0.3) is 5.91 Å². The number of nitrogens with one attached hydrogen (secondary N) is 2. The number of alkyl halides is 3. The molecule has 2 N–H and O–H groups in total. The molecule has 3 atom stereocenters. The minimum atomic E-state index is -4.52. The van der Waals surface area contributed by atoms with E-state index in [9.17, 15) is 31.2 Å². The van der Waals surface area contributed by atoms with Crippen molar-refractivity contribution in [3.05, 3.63) is 72.1 Å². The quantitative estimate of drug-likeness (QED) is 0.246. The number of benzene rings is 1. The summed E-state index contributed by atoms with van der Waals surface area (Å²) in [7, 11) is -3.54. The van der Waals surface area contributed by atoms with Crippen molar-refractivity contribution in [1.82, 2.24) is 15.6 Å². The van der Waals surface area contributed by atoms with E-state index < -0.39 is 33.5 Å². The third-order valence-electron chi connectivity index (χ3n) is 9.13. The van der Waals surface area contributed by atoms with Gasteiger partial charge in [-0.2, -0.15) is 13.2 Å². The van der Waals surface area contributed by atoms with Crippen molar-refractivity contribution >= 4 is 21.7 Å². The lowest BCUT2D eigenvalue weighted by atomic mass is 9.84. The molecule has 5 rings (SSSR count). The highest BCUT2D eigenvalue weighted by Gasteiger charge is 2.32. The number of amides is 2. The summed E-state index contributed by atoms with van der Waals surface area (Å²) in [6.07, 6.45) is 5.01. The number of hydrogen-bond donors (Lipinski definition) is 2. The standard InChI is InChI=1S/C35H42F3N3O6S/c36-35(37,38)27-12-7-11-26(21-27)30-15-16-31(47-30)34(43)41-29(20-24-8-2-1-3-9-24)33(42)40-28-13-6-10-25(17-19-46-22-28)23-48(44,45)32-14-4-5-18-39-32/h4-5,7,11-12,14-16,18,21,24-25,28-29H,1-3,6,8-10,13,17,19-20,22-23H2,(H,40,42)(H,41,43)/t25?,28-,29-/m0/s1. The molecule has 1 aliphatic heterocycles. The average molecular weight is 690 g/mol. The fourth-order valence-electron chi connectivity index (χ4n) is 6.55. The fraction of sp³-hybridized carbons (Fsp3) is 0.514. The van der Waals surface area contributed by atoms with Gasteiger partial charge >= 0.3 is 6.18 Å². The Labute approximate surface area is 279 Å². The molecular weight excluding hydrogens is 647 g/mol. The number of carbonyl (C=O) groups excluding carboxylic acids is 2. The number of aromatic nitrogens is 1. The molecule has 9 nitrogen and oxygen atoms in total. The Morgan fingerprint density at radius 1 is 0.917 bits per heavy atom. The highest BCUT2D eigenvalue weighted by molar-refractivity contribution is 7.91. The van der Waals surface area contributed by atoms with Crippen LogP contribution in [0.15, 0.2) is 70.2 Å². The molecule has 1 unspecified atom stereocenters. The molecule has 2 amide bonds. The van der Waals surface area contributed by atoms with Gasteiger partial charge in [-0.3, -0.25) is 9.59 Å². The Morgan fingerprint density at radius 2 is 1.71 bits per heavy atom. The Morgan fingerprint density at radius 3 is 2.46 bits per heavy atom. The number of hydrogen-bond acceptors (Lipinski definition) is 7. The largest absolute Gasteiger partial charge is 0.451 e. The topological polar surface area (TPSA) is 128 Å². The van der Waals surface area contributed by atoms with Crippen LogP contribution < -0.4 is 10.6 Å². The summed E-state index contributed by atoms with van der Waals surface area (Å²) in [5, 5.41) is 5.94. The molecule has 0 radical (unpaired) electrons. The maximum atomic E-state index is 13.7. The Balaban J connectivity index is 1.22. The van der Waals surface area contributed by atoms with Crippen LogP contribution in [-0.4, -0.2) is 56.3 Å². The van der Waals surface area contributed by atoms with Crippen molar-refractivity contribution < 1.29 is 40.3 Å². The second-order valence-electron chi connectivity index (χ2n) is 12.8. The number of halogens is 3. The van der Waals surface area contributed by atoms with Crippen molar-refractivity contribution in [2.24, 2.45) is 11.8 Å². The summed E-state index contributed by atoms with van der Waals surface area (Å²) in [6.45, 7) is 0.609. The van der Waals surface area contributed by atoms with Gasteiger partial charge < -0.3 is 19.8 Å². The van der Waals surface area contributed by atoms with E-state index in [-0.39, 0.29) is 58.3 Å². The minimum Gasteiger partial charge on any atom is -0.451 e. The molecule has 2 fully saturated rings. The normalized spacial score (nSPS) is 20.6. The van der Waals surface area contributed by atoms with Crippen molar-refractivity contribution in [1.29, 1.82) is 0 Å². The van der Waals surface area contributed by atoms with Crippen molar-refractivity contribution in [2.75, 3.05) is 19.0 Å². The number of nitrogens with zero attached hydrogens (tertiary/aromatic N) is 1. The van der Waals surface area contributed by atoms with Gasteiger partial charge in [-0.15, -0.1) is 0 Å². The number of furan rings is 1. The molecule has 260 valence electrons. The zero-order valence-electron chi connectivity index (χ0n) is 26.7. The molecule has 3 heterocycles. The molecular formula is C35H42F3N3O6S. The molecule has 2 aliphatic rings. The molecule has 48 heavy (non-hydrogen) atoms. The van der Waals surface area contributed by atoms with Crippen LogP contribution in [0.5, 0.6) is 0 Å². The molecule has 0 spiro atoms. The lowest BCUT2D eigenvalue weighted by Gasteiger charge is -2.28. The third-order valence-corrected chi connectivity index (χ3v) is 10.9. The maximum Gasteiger partial charge on any atom is 0.416 e. The van der Waals surface area contributed by atoms with E-state index in [0.29, 0.717) is 38.7 Å². The molecule has 1 aromatic carbocycles. The zero-order chi connectivity index (χ0) is 34.1. The number of sulfone groups is 1. The van der Waals surface area contributed by atoms with Gasteiger partial charge in [0.1, 0.15) is 11.8 Å². The molecule has 1 saturated carbocycles. The first-order chi connectivity index (χ1) is 23.0. The fourth-order valence-corrected chi connectivity index (χ4v) is 8.18. The van der Waals surface area contributed by atoms with Crippen molar-refractivity contribution in [2.45, 2.75) is 87.5 Å². The first-order valence-electron chi connectivity index (χ1n) is 16.6. The van der Waals surface area contributed by atoms with E-state index in [4.69, 9.17) is 9.15 Å². The highest BCUT2D eigenvalue weighted by atomic mass is 32.2. The second kappa shape index (κ2) is 16.1. The van der Waals surface area contributed by atoms with Crippen LogP contribution in [-0.2, 0) is 25.5 Å². The number of rotatable bonds is 10. The van der Waals surface area contributed by atoms with Gasteiger partial charge in [0.2, 0.25) is 5.91 Å². The molecule has 3 aromatic rings. The summed E-state index contributed by atoms with van der Waals surface area (Å²) < 4.78 is 77.0. The van der Waals surface area contributed by atoms with Crippen LogP contribution in [0, 0.1) is 11.8 Å². The average Bonchev–Trinajstić information content (AvgIpc) is 3.60. The van der Waals surface area contributed by atoms with Crippen LogP contribution >= 0.6 is 0 Å². The summed E-state index contributed by atoms with van der Waals surface area (Å²) in [6, 6.07) is 11.1. The first-order valence-corrected chi connectivity index (χ1v) is 18.2. The van der Waals surface area contributed by atoms with Gasteiger partial charge in [-0.25, -0.2) is 13.4 Å². The lowest BCUT2D eigenvalue weighted by molar-refractivity contribution is -0.137. The van der Waals surface area contributed by atoms with Crippen LogP contribution in [0.25, 0.3) is 11.3 Å². The molecule has 0 bridgehead atoms. The smallest absolute Gasteiger partial charge is 0.416 e. The summed E-state index contributed by atoms with van der Waals surface area (Å²) >= 11 is 0. The SMILES string of the molecule is O=C(N[C@@H](CC1CCCCC1)C(=O)N[C@H]1CCCC(CS(=O)(=O)c2ccccn2)CCOC1)c1ccc(-c2cccc(C(F)(F)F)c2)o1. The van der Waals surface area contributed by atoms with E-state index in [1.807, 2.05) is 0 Å². The van der Waals surface area contributed by atoms with Gasteiger partial charge in [0.05, 0.1) is 24.0 Å². The third kappa shape index (κ3) is 9.91. The molecule has 2 aromatic heterocycles. The maximum absolute atomic E-state index is 13.7. The number of pyridine rings is 1. The highest BCUT2D eigenvalue weighted by Crippen LogP contribution is 2.33.